The van der Waals surface area contributed by atoms with Crippen LogP contribution in [0.4, 0.5) is 0 Å². The zero-order valence-corrected chi connectivity index (χ0v) is 16.1. The van der Waals surface area contributed by atoms with Crippen LogP contribution in [0.15, 0.2) is 79.0 Å². The third kappa shape index (κ3) is 5.58. The van der Waals surface area contributed by atoms with Crippen LogP contribution >= 0.6 is 0 Å². The second-order valence-corrected chi connectivity index (χ2v) is 6.95. The van der Waals surface area contributed by atoms with Gasteiger partial charge in [0.15, 0.2) is 0 Å². The highest BCUT2D eigenvalue weighted by atomic mass is 16.2. The minimum atomic E-state index is 0.230. The van der Waals surface area contributed by atoms with E-state index in [1.807, 2.05) is 29.2 Å². The van der Waals surface area contributed by atoms with Crippen LogP contribution in [0.3, 0.4) is 0 Å². The Kier molecular flexibility index (Phi) is 6.86. The predicted octanol–water partition coefficient (Wildman–Crippen LogP) is 5.26. The number of carbonyl (C=O) groups is 1. The first kappa shape index (κ1) is 19.0. The number of nitrogens with zero attached hydrogens (tertiary/aromatic N) is 2. The van der Waals surface area contributed by atoms with Gasteiger partial charge in [-0.2, -0.15) is 0 Å². The molecule has 3 aromatic rings. The van der Waals surface area contributed by atoms with Crippen molar-refractivity contribution in [3.8, 4) is 0 Å². The highest BCUT2D eigenvalue weighted by Crippen LogP contribution is 2.15. The average Bonchev–Trinajstić information content (AvgIpc) is 3.14. The number of benzene rings is 2. The molecule has 140 valence electrons. The lowest BCUT2D eigenvalue weighted by atomic mass is 10.1. The molecule has 1 aromatic heterocycles. The molecule has 0 bridgehead atoms. The molecule has 0 aliphatic rings. The zero-order chi connectivity index (χ0) is 18.9. The van der Waals surface area contributed by atoms with Crippen molar-refractivity contribution in [2.75, 3.05) is 0 Å². The number of carbonyl (C=O) groups excluding carboxylic acids is 1. The van der Waals surface area contributed by atoms with Gasteiger partial charge in [-0.15, -0.1) is 0 Å². The van der Waals surface area contributed by atoms with E-state index in [0.717, 1.165) is 19.4 Å². The summed E-state index contributed by atoms with van der Waals surface area (Å²) in [6.07, 6.45) is 4.69. The fraction of sp³-hybridized carbons (Fsp3) is 0.292. The summed E-state index contributed by atoms with van der Waals surface area (Å²) < 4.78 is 2.24. The van der Waals surface area contributed by atoms with Crippen molar-refractivity contribution < 1.29 is 4.79 Å². The van der Waals surface area contributed by atoms with Gasteiger partial charge in [0, 0.05) is 31.4 Å². The molecule has 0 spiro atoms. The largest absolute Gasteiger partial charge is 0.345 e. The van der Waals surface area contributed by atoms with Gasteiger partial charge in [0.1, 0.15) is 0 Å². The Morgan fingerprint density at radius 3 is 2.19 bits per heavy atom. The number of amides is 1. The minimum Gasteiger partial charge on any atom is -0.345 e. The summed E-state index contributed by atoms with van der Waals surface area (Å²) in [7, 11) is 0. The Morgan fingerprint density at radius 2 is 1.52 bits per heavy atom. The Balaban J connectivity index is 1.75. The van der Waals surface area contributed by atoms with Crippen molar-refractivity contribution in [2.24, 2.45) is 0 Å². The first-order valence-corrected chi connectivity index (χ1v) is 9.76. The van der Waals surface area contributed by atoms with Crippen molar-refractivity contribution in [2.45, 2.75) is 45.8 Å². The van der Waals surface area contributed by atoms with E-state index >= 15 is 0 Å². The topological polar surface area (TPSA) is 25.2 Å². The van der Waals surface area contributed by atoms with E-state index in [4.69, 9.17) is 0 Å². The van der Waals surface area contributed by atoms with Gasteiger partial charge < -0.3 is 9.47 Å². The summed E-state index contributed by atoms with van der Waals surface area (Å²) >= 11 is 0. The maximum absolute atomic E-state index is 12.8. The van der Waals surface area contributed by atoms with Crippen molar-refractivity contribution >= 4 is 5.91 Å². The van der Waals surface area contributed by atoms with E-state index < -0.39 is 0 Å². The number of unbranched alkanes of at least 4 members (excludes halogenated alkanes) is 1. The van der Waals surface area contributed by atoms with Gasteiger partial charge in [-0.1, -0.05) is 74.0 Å². The molecule has 0 aliphatic carbocycles. The zero-order valence-electron chi connectivity index (χ0n) is 16.1. The SMILES string of the molecule is CCCCC(=O)N(Cc1ccccc1)Cc1cccn1Cc1ccccc1. The highest BCUT2D eigenvalue weighted by molar-refractivity contribution is 5.76. The first-order valence-electron chi connectivity index (χ1n) is 9.76. The summed E-state index contributed by atoms with van der Waals surface area (Å²) in [5, 5.41) is 0. The van der Waals surface area contributed by atoms with E-state index in [0.29, 0.717) is 19.5 Å². The summed E-state index contributed by atoms with van der Waals surface area (Å²) in [5.74, 6) is 0.230. The van der Waals surface area contributed by atoms with Crippen LogP contribution in [-0.2, 0) is 24.4 Å². The lowest BCUT2D eigenvalue weighted by Crippen LogP contribution is -2.30. The normalized spacial score (nSPS) is 10.7. The fourth-order valence-electron chi connectivity index (χ4n) is 3.25. The molecule has 0 saturated heterocycles. The quantitative estimate of drug-likeness (QED) is 0.511. The van der Waals surface area contributed by atoms with E-state index in [1.165, 1.54) is 16.8 Å². The molecule has 1 amide bonds. The molecule has 3 nitrogen and oxygen atoms in total. The standard InChI is InChI=1S/C24H28N2O/c1-2-3-16-24(27)26(19-22-13-8-5-9-14-22)20-23-15-10-17-25(23)18-21-11-6-4-7-12-21/h4-15,17H,2-3,16,18-20H2,1H3. The van der Waals surface area contributed by atoms with Gasteiger partial charge in [0.05, 0.1) is 6.54 Å². The molecule has 0 N–H and O–H groups in total. The second kappa shape index (κ2) is 9.77. The summed E-state index contributed by atoms with van der Waals surface area (Å²) in [4.78, 5) is 14.8. The molecule has 0 fully saturated rings. The third-order valence-corrected chi connectivity index (χ3v) is 4.79. The van der Waals surface area contributed by atoms with Crippen LogP contribution in [0.5, 0.6) is 0 Å². The van der Waals surface area contributed by atoms with Crippen LogP contribution in [-0.4, -0.2) is 15.4 Å². The number of rotatable bonds is 9. The number of aromatic nitrogens is 1. The molecule has 27 heavy (non-hydrogen) atoms. The summed E-state index contributed by atoms with van der Waals surface area (Å²) in [6, 6.07) is 24.9. The van der Waals surface area contributed by atoms with Crippen LogP contribution < -0.4 is 0 Å². The molecular weight excluding hydrogens is 332 g/mol. The Labute approximate surface area is 162 Å². The lowest BCUT2D eigenvalue weighted by molar-refractivity contribution is -0.132. The summed E-state index contributed by atoms with van der Waals surface area (Å²) in [6.45, 7) is 4.24. The lowest BCUT2D eigenvalue weighted by Gasteiger charge is -2.24. The van der Waals surface area contributed by atoms with Gasteiger partial charge in [0.2, 0.25) is 5.91 Å². The van der Waals surface area contributed by atoms with E-state index in [9.17, 15) is 4.79 Å². The van der Waals surface area contributed by atoms with Crippen LogP contribution in [0.1, 0.15) is 43.0 Å². The maximum Gasteiger partial charge on any atom is 0.223 e. The first-order chi connectivity index (χ1) is 13.3. The Morgan fingerprint density at radius 1 is 0.852 bits per heavy atom. The predicted molar refractivity (Wildman–Crippen MR) is 110 cm³/mol. The second-order valence-electron chi connectivity index (χ2n) is 6.95. The van der Waals surface area contributed by atoms with E-state index in [1.54, 1.807) is 0 Å². The molecule has 0 radical (unpaired) electrons. The van der Waals surface area contributed by atoms with Crippen molar-refractivity contribution in [1.29, 1.82) is 0 Å². The molecule has 3 rings (SSSR count). The van der Waals surface area contributed by atoms with Crippen molar-refractivity contribution in [1.82, 2.24) is 9.47 Å². The van der Waals surface area contributed by atoms with Crippen LogP contribution in [0.2, 0.25) is 0 Å². The molecule has 0 unspecified atom stereocenters. The molecular formula is C24H28N2O. The number of hydrogen-bond donors (Lipinski definition) is 0. The Bertz CT molecular complexity index is 824. The number of hydrogen-bond acceptors (Lipinski definition) is 1. The van der Waals surface area contributed by atoms with E-state index in [-0.39, 0.29) is 5.91 Å². The molecule has 3 heteroatoms. The molecule has 0 aliphatic heterocycles. The van der Waals surface area contributed by atoms with Gasteiger partial charge in [-0.3, -0.25) is 4.79 Å². The van der Waals surface area contributed by atoms with Gasteiger partial charge in [-0.25, -0.2) is 0 Å². The van der Waals surface area contributed by atoms with E-state index in [2.05, 4.69) is 66.2 Å². The monoisotopic (exact) mass is 360 g/mol. The average molecular weight is 361 g/mol. The summed E-state index contributed by atoms with van der Waals surface area (Å²) in [5.41, 5.74) is 3.60. The van der Waals surface area contributed by atoms with Crippen molar-refractivity contribution in [3.63, 3.8) is 0 Å². The van der Waals surface area contributed by atoms with Gasteiger partial charge in [-0.05, 0) is 29.7 Å². The highest BCUT2D eigenvalue weighted by Gasteiger charge is 2.16. The molecule has 0 atom stereocenters. The van der Waals surface area contributed by atoms with Gasteiger partial charge in [0.25, 0.3) is 0 Å². The third-order valence-electron chi connectivity index (χ3n) is 4.79. The molecule has 1 heterocycles. The molecule has 2 aromatic carbocycles. The van der Waals surface area contributed by atoms with Gasteiger partial charge >= 0.3 is 0 Å². The Hall–Kier alpha value is -2.81. The molecule has 0 saturated carbocycles. The minimum absolute atomic E-state index is 0.230. The van der Waals surface area contributed by atoms with Crippen molar-refractivity contribution in [3.05, 3.63) is 95.8 Å². The smallest absolute Gasteiger partial charge is 0.223 e. The van der Waals surface area contributed by atoms with Crippen LogP contribution in [0, 0.1) is 0 Å². The maximum atomic E-state index is 12.8. The van der Waals surface area contributed by atoms with Crippen LogP contribution in [0.25, 0.3) is 0 Å². The fourth-order valence-corrected chi connectivity index (χ4v) is 3.25.